The van der Waals surface area contributed by atoms with Crippen LogP contribution in [-0.2, 0) is 4.79 Å². The van der Waals surface area contributed by atoms with Crippen LogP contribution in [0, 0.1) is 35.0 Å². The smallest absolute Gasteiger partial charge is 0.141 e. The highest BCUT2D eigenvalue weighted by Gasteiger charge is 2.66. The van der Waals surface area contributed by atoms with E-state index >= 15 is 0 Å². The molecule has 2 saturated carbocycles. The number of hydrogen-bond donors (Lipinski definition) is 1. The summed E-state index contributed by atoms with van der Waals surface area (Å²) in [4.78, 5) is 12.3. The van der Waals surface area contributed by atoms with Crippen molar-refractivity contribution in [3.05, 3.63) is 12.7 Å². The van der Waals surface area contributed by atoms with Crippen LogP contribution in [0.4, 0.5) is 0 Å². The molecule has 1 unspecified atom stereocenters. The van der Waals surface area contributed by atoms with Gasteiger partial charge in [0.2, 0.25) is 0 Å². The van der Waals surface area contributed by atoms with Crippen LogP contribution in [0.15, 0.2) is 12.7 Å². The summed E-state index contributed by atoms with van der Waals surface area (Å²) in [6.45, 7) is 12.1. The molecule has 0 spiro atoms. The van der Waals surface area contributed by atoms with Crippen molar-refractivity contribution < 1.29 is 9.90 Å². The molecule has 2 aliphatic rings. The first kappa shape index (κ1) is 12.8. The number of carbonyl (C=O) groups excluding carboxylic acids is 1. The fourth-order valence-electron chi connectivity index (χ4n) is 3.80. The van der Waals surface area contributed by atoms with Gasteiger partial charge >= 0.3 is 0 Å². The van der Waals surface area contributed by atoms with Gasteiger partial charge in [-0.15, -0.1) is 6.58 Å². The molecule has 2 heteroatoms. The topological polar surface area (TPSA) is 37.3 Å². The van der Waals surface area contributed by atoms with Gasteiger partial charge < -0.3 is 5.11 Å². The zero-order chi connectivity index (χ0) is 13.0. The van der Waals surface area contributed by atoms with E-state index in [1.54, 1.807) is 6.08 Å². The molecule has 0 aliphatic heterocycles. The van der Waals surface area contributed by atoms with Crippen molar-refractivity contribution in [3.8, 4) is 0 Å². The van der Waals surface area contributed by atoms with Crippen LogP contribution in [0.2, 0.25) is 0 Å². The van der Waals surface area contributed by atoms with Crippen LogP contribution < -0.4 is 0 Å². The van der Waals surface area contributed by atoms with Crippen LogP contribution in [0.25, 0.3) is 0 Å². The number of aliphatic hydroxyl groups is 1. The standard InChI is InChI=1S/C15H24O2/c1-6-8(2)13(16)11-12-10(15(12,4)5)7-9(3)14(11)17/h6,8-13,16H,1,7H2,2-5H3/t8-,9-,10-,11-,12?,13-/m1/s1. The first-order valence-electron chi connectivity index (χ1n) is 6.66. The summed E-state index contributed by atoms with van der Waals surface area (Å²) >= 11 is 0. The molecule has 0 bridgehead atoms. The summed E-state index contributed by atoms with van der Waals surface area (Å²) in [5.74, 6) is 1.18. The van der Waals surface area contributed by atoms with E-state index in [1.807, 2.05) is 13.8 Å². The predicted octanol–water partition coefficient (Wildman–Crippen LogP) is 2.67. The molecule has 0 aromatic heterocycles. The van der Waals surface area contributed by atoms with Crippen LogP contribution >= 0.6 is 0 Å². The van der Waals surface area contributed by atoms with Crippen molar-refractivity contribution in [1.82, 2.24) is 0 Å². The average Bonchev–Trinajstić information content (AvgIpc) is 2.80. The lowest BCUT2D eigenvalue weighted by Crippen LogP contribution is -2.40. The third kappa shape index (κ3) is 1.77. The molecule has 96 valence electrons. The Morgan fingerprint density at radius 1 is 1.53 bits per heavy atom. The summed E-state index contributed by atoms with van der Waals surface area (Å²) in [5.41, 5.74) is 0.229. The zero-order valence-electron chi connectivity index (χ0n) is 11.3. The van der Waals surface area contributed by atoms with Gasteiger partial charge in [-0.1, -0.05) is 33.8 Å². The number of ketones is 1. The van der Waals surface area contributed by atoms with Crippen LogP contribution in [0.5, 0.6) is 0 Å². The van der Waals surface area contributed by atoms with E-state index < -0.39 is 6.10 Å². The summed E-state index contributed by atoms with van der Waals surface area (Å²) < 4.78 is 0. The van der Waals surface area contributed by atoms with Gasteiger partial charge in [-0.05, 0) is 23.7 Å². The highest BCUT2D eigenvalue weighted by atomic mass is 16.3. The fraction of sp³-hybridized carbons (Fsp3) is 0.800. The summed E-state index contributed by atoms with van der Waals surface area (Å²) in [5, 5.41) is 10.4. The van der Waals surface area contributed by atoms with E-state index in [4.69, 9.17) is 0 Å². The lowest BCUT2D eigenvalue weighted by molar-refractivity contribution is -0.134. The van der Waals surface area contributed by atoms with E-state index in [0.717, 1.165) is 6.42 Å². The second kappa shape index (κ2) is 3.94. The number of hydrogen-bond acceptors (Lipinski definition) is 2. The Morgan fingerprint density at radius 3 is 2.65 bits per heavy atom. The van der Waals surface area contributed by atoms with Gasteiger partial charge in [0.1, 0.15) is 5.78 Å². The van der Waals surface area contributed by atoms with Gasteiger partial charge in [-0.3, -0.25) is 4.79 Å². The second-order valence-corrected chi connectivity index (χ2v) is 6.60. The van der Waals surface area contributed by atoms with Crippen molar-refractivity contribution in [2.24, 2.45) is 35.0 Å². The molecule has 0 aromatic rings. The Morgan fingerprint density at radius 2 is 2.12 bits per heavy atom. The van der Waals surface area contributed by atoms with Gasteiger partial charge in [0.15, 0.2) is 0 Å². The lowest BCUT2D eigenvalue weighted by atomic mass is 9.75. The van der Waals surface area contributed by atoms with Gasteiger partial charge in [-0.25, -0.2) is 0 Å². The quantitative estimate of drug-likeness (QED) is 0.765. The zero-order valence-corrected chi connectivity index (χ0v) is 11.3. The van der Waals surface area contributed by atoms with Gasteiger partial charge in [0, 0.05) is 17.8 Å². The highest BCUT2D eigenvalue weighted by Crippen LogP contribution is 2.67. The minimum atomic E-state index is -0.558. The molecule has 1 N–H and O–H groups in total. The van der Waals surface area contributed by atoms with Crippen LogP contribution in [0.3, 0.4) is 0 Å². The molecule has 0 radical (unpaired) electrons. The molecule has 2 aliphatic carbocycles. The Kier molecular flexibility index (Phi) is 2.97. The van der Waals surface area contributed by atoms with E-state index in [-0.39, 0.29) is 29.0 Å². The highest BCUT2D eigenvalue weighted by molar-refractivity contribution is 5.86. The minimum Gasteiger partial charge on any atom is -0.392 e. The third-order valence-electron chi connectivity index (χ3n) is 5.23. The molecule has 0 heterocycles. The number of rotatable bonds is 3. The Hall–Kier alpha value is -0.630. The second-order valence-electron chi connectivity index (χ2n) is 6.60. The molecular weight excluding hydrogens is 212 g/mol. The largest absolute Gasteiger partial charge is 0.392 e. The molecule has 17 heavy (non-hydrogen) atoms. The molecule has 2 nitrogen and oxygen atoms in total. The van der Waals surface area contributed by atoms with E-state index in [2.05, 4.69) is 20.4 Å². The normalized spacial score (nSPS) is 42.5. The Labute approximate surface area is 104 Å². The van der Waals surface area contributed by atoms with Crippen molar-refractivity contribution in [3.63, 3.8) is 0 Å². The van der Waals surface area contributed by atoms with Crippen molar-refractivity contribution in [2.75, 3.05) is 0 Å². The molecular formula is C15H24O2. The van der Waals surface area contributed by atoms with Gasteiger partial charge in [-0.2, -0.15) is 0 Å². The van der Waals surface area contributed by atoms with E-state index in [0.29, 0.717) is 11.8 Å². The fourth-order valence-corrected chi connectivity index (χ4v) is 3.80. The van der Waals surface area contributed by atoms with E-state index in [9.17, 15) is 9.90 Å². The third-order valence-corrected chi connectivity index (χ3v) is 5.23. The average molecular weight is 236 g/mol. The summed E-state index contributed by atoms with van der Waals surface area (Å²) in [6.07, 6.45) is 2.20. The SMILES string of the molecule is C=C[C@@H](C)[C@@H](O)[C@@H]1C(=O)[C@H](C)C[C@@H]2C1C2(C)C. The van der Waals surface area contributed by atoms with Gasteiger partial charge in [0.25, 0.3) is 0 Å². The maximum absolute atomic E-state index is 12.3. The maximum atomic E-state index is 12.3. The van der Waals surface area contributed by atoms with Crippen molar-refractivity contribution in [1.29, 1.82) is 0 Å². The first-order valence-corrected chi connectivity index (χ1v) is 6.66. The predicted molar refractivity (Wildman–Crippen MR) is 68.4 cm³/mol. The Balaban J connectivity index is 2.24. The lowest BCUT2D eigenvalue weighted by Gasteiger charge is -2.31. The molecule has 6 atom stereocenters. The number of Topliss-reactive ketones (excluding diaryl/α,β-unsaturated/α-hetero) is 1. The van der Waals surface area contributed by atoms with Crippen molar-refractivity contribution >= 4 is 5.78 Å². The minimum absolute atomic E-state index is 0.00806. The Bertz CT molecular complexity index is 345. The van der Waals surface area contributed by atoms with Gasteiger partial charge in [0.05, 0.1) is 6.10 Å². The van der Waals surface area contributed by atoms with Crippen LogP contribution in [0.1, 0.15) is 34.1 Å². The molecule has 0 saturated heterocycles. The summed E-state index contributed by atoms with van der Waals surface area (Å²) in [6, 6.07) is 0. The van der Waals surface area contributed by atoms with E-state index in [1.165, 1.54) is 0 Å². The maximum Gasteiger partial charge on any atom is 0.141 e. The first-order chi connectivity index (χ1) is 7.82. The number of carbonyl (C=O) groups is 1. The number of fused-ring (bicyclic) bond motifs is 1. The molecule has 0 aromatic carbocycles. The number of aliphatic hydroxyl groups excluding tert-OH is 1. The monoisotopic (exact) mass is 236 g/mol. The van der Waals surface area contributed by atoms with Crippen molar-refractivity contribution in [2.45, 2.75) is 40.2 Å². The molecule has 2 rings (SSSR count). The molecule has 0 amide bonds. The van der Waals surface area contributed by atoms with Crippen LogP contribution in [-0.4, -0.2) is 17.0 Å². The molecule has 2 fully saturated rings. The summed E-state index contributed by atoms with van der Waals surface area (Å²) in [7, 11) is 0.